The maximum atomic E-state index is 9.62. The van der Waals surface area contributed by atoms with Gasteiger partial charge in [0.1, 0.15) is 0 Å². The molecule has 19 heavy (non-hydrogen) atoms. The summed E-state index contributed by atoms with van der Waals surface area (Å²) in [5, 5.41) is 14.2. The van der Waals surface area contributed by atoms with Crippen LogP contribution < -0.4 is 0 Å². The number of aliphatic hydroxyl groups is 1. The van der Waals surface area contributed by atoms with Crippen LogP contribution in [0.5, 0.6) is 0 Å². The van der Waals surface area contributed by atoms with Crippen LogP contribution in [0.1, 0.15) is 52.8 Å². The van der Waals surface area contributed by atoms with Gasteiger partial charge in [-0.25, -0.2) is 0 Å². The second-order valence-corrected chi connectivity index (χ2v) is 6.80. The molecule has 0 fully saturated rings. The Labute approximate surface area is 117 Å². The van der Waals surface area contributed by atoms with Gasteiger partial charge in [0.05, 0.1) is 11.8 Å². The Kier molecular flexibility index (Phi) is 5.16. The van der Waals surface area contributed by atoms with Crippen molar-refractivity contribution in [2.45, 2.75) is 65.6 Å². The molecule has 0 spiro atoms. The molecular formula is C15H29N3O. The van der Waals surface area contributed by atoms with E-state index in [9.17, 15) is 5.11 Å². The monoisotopic (exact) mass is 267 g/mol. The lowest BCUT2D eigenvalue weighted by Gasteiger charge is -2.28. The Morgan fingerprint density at radius 2 is 1.89 bits per heavy atom. The van der Waals surface area contributed by atoms with Crippen molar-refractivity contribution < 1.29 is 5.11 Å². The van der Waals surface area contributed by atoms with E-state index in [1.165, 1.54) is 5.56 Å². The van der Waals surface area contributed by atoms with E-state index in [0.29, 0.717) is 12.6 Å². The minimum absolute atomic E-state index is 0.0457. The van der Waals surface area contributed by atoms with Gasteiger partial charge in [0.2, 0.25) is 0 Å². The summed E-state index contributed by atoms with van der Waals surface area (Å²) in [4.78, 5) is 2.29. The lowest BCUT2D eigenvalue weighted by atomic mass is 9.89. The number of rotatable bonds is 5. The van der Waals surface area contributed by atoms with Gasteiger partial charge in [0, 0.05) is 43.4 Å². The lowest BCUT2D eigenvalue weighted by molar-refractivity contribution is 0.102. The van der Waals surface area contributed by atoms with E-state index in [-0.39, 0.29) is 11.5 Å². The van der Waals surface area contributed by atoms with Gasteiger partial charge >= 0.3 is 0 Å². The summed E-state index contributed by atoms with van der Waals surface area (Å²) < 4.78 is 1.89. The molecule has 0 aromatic carbocycles. The molecule has 0 aliphatic carbocycles. The smallest absolute Gasteiger partial charge is 0.0722 e. The first kappa shape index (κ1) is 16.2. The molecule has 1 rings (SSSR count). The second kappa shape index (κ2) is 6.06. The predicted octanol–water partition coefficient (Wildman–Crippen LogP) is 2.31. The van der Waals surface area contributed by atoms with E-state index in [2.05, 4.69) is 50.8 Å². The van der Waals surface area contributed by atoms with Crippen molar-refractivity contribution in [1.29, 1.82) is 0 Å². The summed E-state index contributed by atoms with van der Waals surface area (Å²) in [5.74, 6) is 0. The highest BCUT2D eigenvalue weighted by molar-refractivity contribution is 5.24. The largest absolute Gasteiger partial charge is 0.392 e. The molecule has 0 bridgehead atoms. The summed E-state index contributed by atoms with van der Waals surface area (Å²) >= 11 is 0. The second-order valence-electron chi connectivity index (χ2n) is 6.80. The Balaban J connectivity index is 2.96. The van der Waals surface area contributed by atoms with Gasteiger partial charge < -0.3 is 5.11 Å². The molecule has 1 N–H and O–H groups in total. The number of hydrogen-bond acceptors (Lipinski definition) is 3. The zero-order valence-corrected chi connectivity index (χ0v) is 13.4. The Bertz CT molecular complexity index is 402. The number of hydrogen-bond donors (Lipinski definition) is 1. The summed E-state index contributed by atoms with van der Waals surface area (Å²) in [6.07, 6.45) is 1.79. The first-order valence-electron chi connectivity index (χ1n) is 7.06. The molecule has 1 aromatic rings. The van der Waals surface area contributed by atoms with E-state index in [1.54, 1.807) is 0 Å². The van der Waals surface area contributed by atoms with E-state index in [0.717, 1.165) is 12.2 Å². The fraction of sp³-hybridized carbons (Fsp3) is 0.800. The maximum Gasteiger partial charge on any atom is 0.0722 e. The van der Waals surface area contributed by atoms with Crippen LogP contribution in [0, 0.1) is 0 Å². The molecule has 0 saturated heterocycles. The number of nitrogens with zero attached hydrogens (tertiary/aromatic N) is 3. The topological polar surface area (TPSA) is 41.3 Å². The van der Waals surface area contributed by atoms with Gasteiger partial charge in [0.25, 0.3) is 0 Å². The minimum atomic E-state index is -0.308. The molecular weight excluding hydrogens is 238 g/mol. The molecule has 0 amide bonds. The van der Waals surface area contributed by atoms with Crippen molar-refractivity contribution in [3.63, 3.8) is 0 Å². The van der Waals surface area contributed by atoms with E-state index in [1.807, 2.05) is 18.7 Å². The van der Waals surface area contributed by atoms with Crippen LogP contribution in [0.15, 0.2) is 6.20 Å². The molecule has 0 aliphatic heterocycles. The first-order chi connectivity index (χ1) is 8.61. The first-order valence-corrected chi connectivity index (χ1v) is 7.06. The van der Waals surface area contributed by atoms with E-state index < -0.39 is 0 Å². The van der Waals surface area contributed by atoms with E-state index >= 15 is 0 Å². The molecule has 1 heterocycles. The van der Waals surface area contributed by atoms with Crippen molar-refractivity contribution in [1.82, 2.24) is 14.7 Å². The van der Waals surface area contributed by atoms with Crippen molar-refractivity contribution in [2.75, 3.05) is 6.54 Å². The molecule has 0 radical (unpaired) electrons. The third kappa shape index (κ3) is 4.62. The third-order valence-corrected chi connectivity index (χ3v) is 3.22. The van der Waals surface area contributed by atoms with Gasteiger partial charge in [-0.1, -0.05) is 20.8 Å². The Morgan fingerprint density at radius 1 is 1.32 bits per heavy atom. The van der Waals surface area contributed by atoms with Crippen LogP contribution in [0.4, 0.5) is 0 Å². The summed E-state index contributed by atoms with van der Waals surface area (Å²) in [6.45, 7) is 14.3. The highest BCUT2D eigenvalue weighted by atomic mass is 16.3. The van der Waals surface area contributed by atoms with Crippen molar-refractivity contribution in [3.05, 3.63) is 17.5 Å². The third-order valence-electron chi connectivity index (χ3n) is 3.22. The van der Waals surface area contributed by atoms with Crippen molar-refractivity contribution >= 4 is 0 Å². The van der Waals surface area contributed by atoms with Crippen LogP contribution >= 0.6 is 0 Å². The maximum absolute atomic E-state index is 9.62. The quantitative estimate of drug-likeness (QED) is 0.890. The fourth-order valence-corrected chi connectivity index (χ4v) is 2.30. The van der Waals surface area contributed by atoms with Crippen LogP contribution in [0.3, 0.4) is 0 Å². The predicted molar refractivity (Wildman–Crippen MR) is 79.1 cm³/mol. The van der Waals surface area contributed by atoms with E-state index in [4.69, 9.17) is 0 Å². The van der Waals surface area contributed by atoms with Crippen LogP contribution in [0.25, 0.3) is 0 Å². The minimum Gasteiger partial charge on any atom is -0.392 e. The number of aliphatic hydroxyl groups excluding tert-OH is 1. The molecule has 4 heteroatoms. The van der Waals surface area contributed by atoms with Crippen molar-refractivity contribution in [3.8, 4) is 0 Å². The average molecular weight is 267 g/mol. The molecule has 0 aliphatic rings. The van der Waals surface area contributed by atoms with Crippen LogP contribution in [-0.4, -0.2) is 38.5 Å². The van der Waals surface area contributed by atoms with Gasteiger partial charge in [-0.3, -0.25) is 9.58 Å². The van der Waals surface area contributed by atoms with Crippen molar-refractivity contribution in [2.24, 2.45) is 7.05 Å². The van der Waals surface area contributed by atoms with Gasteiger partial charge in [0.15, 0.2) is 0 Å². The Hall–Kier alpha value is -0.870. The van der Waals surface area contributed by atoms with Crippen LogP contribution in [-0.2, 0) is 19.0 Å². The molecule has 1 unspecified atom stereocenters. The normalized spacial score (nSPS) is 14.4. The average Bonchev–Trinajstić information content (AvgIpc) is 2.57. The van der Waals surface area contributed by atoms with Gasteiger partial charge in [-0.2, -0.15) is 5.10 Å². The summed E-state index contributed by atoms with van der Waals surface area (Å²) in [6, 6.07) is 0.405. The molecule has 0 saturated carbocycles. The molecule has 1 atom stereocenters. The summed E-state index contributed by atoms with van der Waals surface area (Å²) in [5.41, 5.74) is 2.44. The standard InChI is InChI=1S/C15H29N3O/c1-11(2)18(8-12(3)19)10-13-9-17(7)16-14(13)15(4,5)6/h9,11-12,19H,8,10H2,1-7H3. The Morgan fingerprint density at radius 3 is 2.32 bits per heavy atom. The van der Waals surface area contributed by atoms with Gasteiger partial charge in [-0.05, 0) is 20.8 Å². The highest BCUT2D eigenvalue weighted by Gasteiger charge is 2.24. The number of aryl methyl sites for hydroxylation is 1. The van der Waals surface area contributed by atoms with Gasteiger partial charge in [-0.15, -0.1) is 0 Å². The summed E-state index contributed by atoms with van der Waals surface area (Å²) in [7, 11) is 1.97. The molecule has 1 aromatic heterocycles. The highest BCUT2D eigenvalue weighted by Crippen LogP contribution is 2.25. The zero-order valence-electron chi connectivity index (χ0n) is 13.4. The number of aromatic nitrogens is 2. The fourth-order valence-electron chi connectivity index (χ4n) is 2.30. The molecule has 4 nitrogen and oxygen atoms in total. The SMILES string of the molecule is CC(O)CN(Cc1cn(C)nc1C(C)(C)C)C(C)C. The zero-order chi connectivity index (χ0) is 14.8. The van der Waals surface area contributed by atoms with Crippen LogP contribution in [0.2, 0.25) is 0 Å². The lowest BCUT2D eigenvalue weighted by Crippen LogP contribution is -2.36. The molecule has 110 valence electrons.